The van der Waals surface area contributed by atoms with Crippen LogP contribution < -0.4 is 10.1 Å². The zero-order valence-corrected chi connectivity index (χ0v) is 19.5. The maximum absolute atomic E-state index is 14.6. The van der Waals surface area contributed by atoms with E-state index in [1.807, 2.05) is 42.9 Å². The van der Waals surface area contributed by atoms with Gasteiger partial charge in [-0.1, -0.05) is 6.07 Å². The molecule has 0 amide bonds. The molecule has 0 saturated carbocycles. The van der Waals surface area contributed by atoms with E-state index in [4.69, 9.17) is 4.74 Å². The third kappa shape index (κ3) is 3.84. The molecular formula is C26H24FN5O3. The molecule has 0 aliphatic rings. The molecular weight excluding hydrogens is 449 g/mol. The van der Waals surface area contributed by atoms with E-state index in [1.54, 1.807) is 29.9 Å². The number of aromatic carboxylic acids is 1. The molecule has 0 aliphatic heterocycles. The number of carboxylic acids is 1. The SMILES string of the molecule is COc1ccc(F)c2c1cc(C)n2CCNc1cc(-c2ccc(C(=O)O)c3c2ccn3C)ncn1. The van der Waals surface area contributed by atoms with Crippen molar-refractivity contribution in [3.63, 3.8) is 0 Å². The Bertz CT molecular complexity index is 1590. The summed E-state index contributed by atoms with van der Waals surface area (Å²) in [5, 5.41) is 14.4. The van der Waals surface area contributed by atoms with Crippen molar-refractivity contribution >= 4 is 33.6 Å². The van der Waals surface area contributed by atoms with Gasteiger partial charge in [-0.25, -0.2) is 19.2 Å². The van der Waals surface area contributed by atoms with Gasteiger partial charge in [0.25, 0.3) is 0 Å². The third-order valence-corrected chi connectivity index (χ3v) is 6.25. The minimum Gasteiger partial charge on any atom is -0.496 e. The molecule has 0 unspecified atom stereocenters. The summed E-state index contributed by atoms with van der Waals surface area (Å²) in [6.45, 7) is 2.97. The Morgan fingerprint density at radius 1 is 1.11 bits per heavy atom. The molecule has 35 heavy (non-hydrogen) atoms. The molecule has 178 valence electrons. The second-order valence-electron chi connectivity index (χ2n) is 8.32. The lowest BCUT2D eigenvalue weighted by Gasteiger charge is -2.12. The number of carboxylic acid groups (broad SMARTS) is 1. The summed E-state index contributed by atoms with van der Waals surface area (Å²) in [4.78, 5) is 20.4. The van der Waals surface area contributed by atoms with Crippen LogP contribution in [0.2, 0.25) is 0 Å². The summed E-state index contributed by atoms with van der Waals surface area (Å²) < 4.78 is 23.7. The largest absolute Gasteiger partial charge is 0.496 e. The van der Waals surface area contributed by atoms with Crippen LogP contribution >= 0.6 is 0 Å². The summed E-state index contributed by atoms with van der Waals surface area (Å²) in [6.07, 6.45) is 3.30. The maximum Gasteiger partial charge on any atom is 0.337 e. The normalized spacial score (nSPS) is 11.3. The maximum atomic E-state index is 14.6. The number of rotatable bonds is 7. The molecule has 8 nitrogen and oxygen atoms in total. The molecule has 5 aromatic rings. The van der Waals surface area contributed by atoms with Crippen LogP contribution in [0.5, 0.6) is 5.75 Å². The van der Waals surface area contributed by atoms with E-state index >= 15 is 0 Å². The van der Waals surface area contributed by atoms with Crippen LogP contribution in [0.15, 0.2) is 55.0 Å². The molecule has 0 saturated heterocycles. The Morgan fingerprint density at radius 2 is 1.94 bits per heavy atom. The lowest BCUT2D eigenvalue weighted by molar-refractivity contribution is 0.0698. The van der Waals surface area contributed by atoms with Gasteiger partial charge in [0.15, 0.2) is 0 Å². The number of methoxy groups -OCH3 is 1. The molecule has 0 fully saturated rings. The Kier molecular flexibility index (Phi) is 5.60. The fourth-order valence-electron chi connectivity index (χ4n) is 4.62. The first kappa shape index (κ1) is 22.4. The minimum absolute atomic E-state index is 0.238. The number of hydrogen-bond donors (Lipinski definition) is 2. The Morgan fingerprint density at radius 3 is 2.71 bits per heavy atom. The average Bonchev–Trinajstić information content (AvgIpc) is 3.40. The summed E-state index contributed by atoms with van der Waals surface area (Å²) in [5.74, 6) is -0.0171. The molecule has 2 aromatic carbocycles. The minimum atomic E-state index is -0.977. The van der Waals surface area contributed by atoms with Crippen molar-refractivity contribution in [2.45, 2.75) is 13.5 Å². The number of aromatic nitrogens is 4. The van der Waals surface area contributed by atoms with Crippen molar-refractivity contribution in [1.82, 2.24) is 19.1 Å². The molecule has 2 N–H and O–H groups in total. The molecule has 3 heterocycles. The first-order valence-corrected chi connectivity index (χ1v) is 11.1. The average molecular weight is 474 g/mol. The van der Waals surface area contributed by atoms with Gasteiger partial charge in [-0.15, -0.1) is 0 Å². The molecule has 0 spiro atoms. The van der Waals surface area contributed by atoms with E-state index in [2.05, 4.69) is 15.3 Å². The first-order valence-electron chi connectivity index (χ1n) is 11.1. The van der Waals surface area contributed by atoms with Crippen molar-refractivity contribution in [2.75, 3.05) is 19.0 Å². The molecule has 0 atom stereocenters. The first-order chi connectivity index (χ1) is 16.9. The monoisotopic (exact) mass is 473 g/mol. The zero-order valence-electron chi connectivity index (χ0n) is 19.5. The number of carbonyl (C=O) groups is 1. The van der Waals surface area contributed by atoms with Crippen molar-refractivity contribution in [1.29, 1.82) is 0 Å². The summed E-state index contributed by atoms with van der Waals surface area (Å²) in [5.41, 5.74) is 3.81. The van der Waals surface area contributed by atoms with Gasteiger partial charge in [-0.3, -0.25) is 0 Å². The predicted octanol–water partition coefficient (Wildman–Crippen LogP) is 4.86. The van der Waals surface area contributed by atoms with Gasteiger partial charge in [0.1, 0.15) is 23.7 Å². The fourth-order valence-corrected chi connectivity index (χ4v) is 4.62. The Balaban J connectivity index is 1.41. The van der Waals surface area contributed by atoms with E-state index in [1.165, 1.54) is 12.4 Å². The molecule has 0 aliphatic carbocycles. The Labute approximate surface area is 200 Å². The topological polar surface area (TPSA) is 94.2 Å². The number of hydrogen-bond acceptors (Lipinski definition) is 5. The molecule has 9 heteroatoms. The predicted molar refractivity (Wildman–Crippen MR) is 133 cm³/mol. The van der Waals surface area contributed by atoms with Gasteiger partial charge in [0.05, 0.1) is 29.4 Å². The van der Waals surface area contributed by atoms with Crippen molar-refractivity contribution in [3.8, 4) is 17.0 Å². The zero-order chi connectivity index (χ0) is 24.7. The van der Waals surface area contributed by atoms with Crippen molar-refractivity contribution in [2.24, 2.45) is 7.05 Å². The lowest BCUT2D eigenvalue weighted by Crippen LogP contribution is -2.13. The molecule has 0 radical (unpaired) electrons. The summed E-state index contributed by atoms with van der Waals surface area (Å²) >= 11 is 0. The quantitative estimate of drug-likeness (QED) is 0.351. The number of anilines is 1. The number of benzene rings is 2. The molecule has 3 aromatic heterocycles. The highest BCUT2D eigenvalue weighted by Gasteiger charge is 2.17. The van der Waals surface area contributed by atoms with Gasteiger partial charge in [-0.2, -0.15) is 0 Å². The molecule has 5 rings (SSSR count). The number of nitrogens with one attached hydrogen (secondary N) is 1. The van der Waals surface area contributed by atoms with E-state index < -0.39 is 5.97 Å². The van der Waals surface area contributed by atoms with E-state index in [-0.39, 0.29) is 11.4 Å². The van der Waals surface area contributed by atoms with E-state index in [9.17, 15) is 14.3 Å². The van der Waals surface area contributed by atoms with Crippen LogP contribution in [-0.2, 0) is 13.6 Å². The number of halogens is 1. The third-order valence-electron chi connectivity index (χ3n) is 6.25. The van der Waals surface area contributed by atoms with Gasteiger partial charge in [0.2, 0.25) is 0 Å². The van der Waals surface area contributed by atoms with Crippen LogP contribution in [0.25, 0.3) is 33.1 Å². The fraction of sp³-hybridized carbons (Fsp3) is 0.192. The number of ether oxygens (including phenoxy) is 1. The van der Waals surface area contributed by atoms with Gasteiger partial charge >= 0.3 is 5.97 Å². The van der Waals surface area contributed by atoms with Crippen molar-refractivity contribution < 1.29 is 19.0 Å². The summed E-state index contributed by atoms with van der Waals surface area (Å²) in [7, 11) is 3.39. The Hall–Kier alpha value is -4.40. The van der Waals surface area contributed by atoms with Crippen LogP contribution in [0.4, 0.5) is 10.2 Å². The van der Waals surface area contributed by atoms with Gasteiger partial charge < -0.3 is 24.3 Å². The number of aryl methyl sites for hydroxylation is 2. The highest BCUT2D eigenvalue weighted by molar-refractivity contribution is 6.07. The highest BCUT2D eigenvalue weighted by atomic mass is 19.1. The number of fused-ring (bicyclic) bond motifs is 2. The number of nitrogens with zero attached hydrogens (tertiary/aromatic N) is 4. The standard InChI is InChI=1S/C26H24FN5O3/c1-15-12-19-22(35-3)7-6-20(27)25(19)32(15)11-9-28-23-13-21(29-14-30-23)16-4-5-18(26(33)34)24-17(16)8-10-31(24)2/h4-8,10,12-14H,9,11H2,1-3H3,(H,33,34)(H,28,29,30). The van der Waals surface area contributed by atoms with Gasteiger partial charge in [-0.05, 0) is 37.3 Å². The van der Waals surface area contributed by atoms with Crippen molar-refractivity contribution in [3.05, 3.63) is 72.1 Å². The van der Waals surface area contributed by atoms with Gasteiger partial charge in [0, 0.05) is 54.4 Å². The van der Waals surface area contributed by atoms with E-state index in [0.29, 0.717) is 41.4 Å². The van der Waals surface area contributed by atoms with Crippen LogP contribution in [-0.4, -0.2) is 43.8 Å². The van der Waals surface area contributed by atoms with Crippen LogP contribution in [0.3, 0.4) is 0 Å². The second kappa shape index (κ2) is 8.75. The highest BCUT2D eigenvalue weighted by Crippen LogP contribution is 2.32. The second-order valence-corrected chi connectivity index (χ2v) is 8.32. The van der Waals surface area contributed by atoms with E-state index in [0.717, 1.165) is 22.0 Å². The smallest absolute Gasteiger partial charge is 0.337 e. The van der Waals surface area contributed by atoms with Crippen LogP contribution in [0, 0.1) is 12.7 Å². The molecule has 0 bridgehead atoms. The summed E-state index contributed by atoms with van der Waals surface area (Å²) in [6, 6.07) is 12.0. The lowest BCUT2D eigenvalue weighted by atomic mass is 10.0. The van der Waals surface area contributed by atoms with Crippen LogP contribution in [0.1, 0.15) is 16.1 Å².